The van der Waals surface area contributed by atoms with E-state index in [1.807, 2.05) is 42.5 Å². The minimum Gasteiger partial charge on any atom is -0.492 e. The summed E-state index contributed by atoms with van der Waals surface area (Å²) in [4.78, 5) is 15.8. The van der Waals surface area contributed by atoms with E-state index in [4.69, 9.17) is 10.5 Å². The molecule has 0 radical (unpaired) electrons. The molecule has 8 nitrogen and oxygen atoms in total. The summed E-state index contributed by atoms with van der Waals surface area (Å²) >= 11 is 0. The van der Waals surface area contributed by atoms with Gasteiger partial charge in [0.1, 0.15) is 12.4 Å². The lowest BCUT2D eigenvalue weighted by molar-refractivity contribution is -0.118. The molecule has 1 heterocycles. The van der Waals surface area contributed by atoms with E-state index < -0.39 is 22.5 Å². The Balaban J connectivity index is 1.34. The van der Waals surface area contributed by atoms with Crippen molar-refractivity contribution in [3.8, 4) is 5.75 Å². The number of nitrogens with two attached hydrogens (primary N) is 1. The largest absolute Gasteiger partial charge is 0.492 e. The number of benzene rings is 3. The van der Waals surface area contributed by atoms with Gasteiger partial charge in [0, 0.05) is 49.2 Å². The lowest BCUT2D eigenvalue weighted by Gasteiger charge is -2.22. The highest BCUT2D eigenvalue weighted by Gasteiger charge is 2.27. The van der Waals surface area contributed by atoms with Crippen LogP contribution >= 0.6 is 0 Å². The number of para-hydroxylation sites is 1. The molecule has 37 heavy (non-hydrogen) atoms. The number of nitrogens with zero attached hydrogens (tertiary/aromatic N) is 2. The quantitative estimate of drug-likeness (QED) is 0.263. The van der Waals surface area contributed by atoms with Crippen LogP contribution in [0.1, 0.15) is 11.1 Å². The van der Waals surface area contributed by atoms with Crippen molar-refractivity contribution in [2.75, 3.05) is 32.8 Å². The number of hydrogen-bond acceptors (Lipinski definition) is 6. The zero-order chi connectivity index (χ0) is 26.1. The molecule has 1 amide bonds. The Morgan fingerprint density at radius 3 is 2.54 bits per heavy atom. The van der Waals surface area contributed by atoms with Gasteiger partial charge in [0.05, 0.1) is 11.4 Å². The Kier molecular flexibility index (Phi) is 8.84. The number of amides is 1. The van der Waals surface area contributed by atoms with Gasteiger partial charge in [0.15, 0.2) is 0 Å². The summed E-state index contributed by atoms with van der Waals surface area (Å²) in [5.41, 5.74) is 7.67. The summed E-state index contributed by atoms with van der Waals surface area (Å²) in [7, 11) is -3.96. The minimum absolute atomic E-state index is 0.0807. The SMILES string of the molecule is NC(=O)CN(CCNCCOc1ccccc1Cc1ccccc1)S(=O)(=O)c1cccc2cnccc12. The molecule has 192 valence electrons. The zero-order valence-electron chi connectivity index (χ0n) is 20.4. The standard InChI is InChI=1S/C28H30N4O4S/c29-28(33)21-32(37(34,35)27-12-6-10-24-20-31-14-13-25(24)27)17-15-30-16-18-36-26-11-5-4-9-23(26)19-22-7-2-1-3-8-22/h1-14,20,30H,15-19,21H2,(H2,29,33). The second-order valence-corrected chi connectivity index (χ2v) is 10.4. The smallest absolute Gasteiger partial charge is 0.244 e. The summed E-state index contributed by atoms with van der Waals surface area (Å²) in [6.45, 7) is 0.912. The maximum absolute atomic E-state index is 13.4. The predicted octanol–water partition coefficient (Wildman–Crippen LogP) is 2.97. The van der Waals surface area contributed by atoms with Crippen molar-refractivity contribution < 1.29 is 17.9 Å². The summed E-state index contributed by atoms with van der Waals surface area (Å²) < 4.78 is 33.9. The molecule has 0 unspecified atom stereocenters. The van der Waals surface area contributed by atoms with E-state index in [0.29, 0.717) is 30.5 Å². The number of sulfonamides is 1. The van der Waals surface area contributed by atoms with Crippen LogP contribution in [0.25, 0.3) is 10.8 Å². The number of carbonyl (C=O) groups excluding carboxylic acids is 1. The molecule has 3 N–H and O–H groups in total. The first-order chi connectivity index (χ1) is 17.9. The summed E-state index contributed by atoms with van der Waals surface area (Å²) in [5, 5.41) is 4.44. The number of primary amides is 1. The molecule has 0 spiro atoms. The van der Waals surface area contributed by atoms with E-state index in [-0.39, 0.29) is 11.4 Å². The molecule has 9 heteroatoms. The van der Waals surface area contributed by atoms with E-state index in [1.165, 1.54) is 11.6 Å². The Labute approximate surface area is 217 Å². The van der Waals surface area contributed by atoms with Crippen LogP contribution in [0.5, 0.6) is 5.75 Å². The highest BCUT2D eigenvalue weighted by Crippen LogP contribution is 2.25. The number of rotatable bonds is 13. The molecule has 3 aromatic carbocycles. The molecular formula is C28H30N4O4S. The average molecular weight is 519 g/mol. The molecule has 0 saturated carbocycles. The maximum atomic E-state index is 13.4. The molecule has 0 bridgehead atoms. The van der Waals surface area contributed by atoms with E-state index in [1.54, 1.807) is 30.6 Å². The molecule has 0 fully saturated rings. The van der Waals surface area contributed by atoms with Crippen molar-refractivity contribution in [1.82, 2.24) is 14.6 Å². The van der Waals surface area contributed by atoms with E-state index >= 15 is 0 Å². The highest BCUT2D eigenvalue weighted by atomic mass is 32.2. The zero-order valence-corrected chi connectivity index (χ0v) is 21.2. The van der Waals surface area contributed by atoms with Crippen LogP contribution in [0.2, 0.25) is 0 Å². The topological polar surface area (TPSA) is 115 Å². The van der Waals surface area contributed by atoms with Gasteiger partial charge < -0.3 is 15.8 Å². The van der Waals surface area contributed by atoms with Crippen molar-refractivity contribution in [2.24, 2.45) is 5.73 Å². The van der Waals surface area contributed by atoms with E-state index in [2.05, 4.69) is 22.4 Å². The molecule has 1 aromatic heterocycles. The van der Waals surface area contributed by atoms with Crippen molar-refractivity contribution in [1.29, 1.82) is 0 Å². The average Bonchev–Trinajstić information content (AvgIpc) is 2.90. The maximum Gasteiger partial charge on any atom is 0.244 e. The second-order valence-electron chi connectivity index (χ2n) is 8.53. The van der Waals surface area contributed by atoms with Crippen LogP contribution in [0, 0.1) is 0 Å². The van der Waals surface area contributed by atoms with Crippen LogP contribution in [0.3, 0.4) is 0 Å². The van der Waals surface area contributed by atoms with Crippen molar-refractivity contribution in [2.45, 2.75) is 11.3 Å². The summed E-state index contributed by atoms with van der Waals surface area (Å²) in [6, 6.07) is 24.7. The third-order valence-corrected chi connectivity index (χ3v) is 7.78. The highest BCUT2D eigenvalue weighted by molar-refractivity contribution is 7.89. The van der Waals surface area contributed by atoms with Crippen LogP contribution < -0.4 is 15.8 Å². The third-order valence-electron chi connectivity index (χ3n) is 5.88. The van der Waals surface area contributed by atoms with Crippen molar-refractivity contribution in [3.05, 3.63) is 102 Å². The van der Waals surface area contributed by atoms with Gasteiger partial charge in [-0.05, 0) is 29.3 Å². The van der Waals surface area contributed by atoms with Gasteiger partial charge in [-0.15, -0.1) is 0 Å². The monoisotopic (exact) mass is 518 g/mol. The van der Waals surface area contributed by atoms with Gasteiger partial charge in [0.2, 0.25) is 15.9 Å². The van der Waals surface area contributed by atoms with Gasteiger partial charge in [-0.2, -0.15) is 4.31 Å². The molecule has 0 aliphatic carbocycles. The predicted molar refractivity (Wildman–Crippen MR) is 144 cm³/mol. The molecule has 4 aromatic rings. The molecule has 0 aliphatic heterocycles. The Bertz CT molecular complexity index is 1440. The summed E-state index contributed by atoms with van der Waals surface area (Å²) in [5.74, 6) is 0.0976. The van der Waals surface area contributed by atoms with Gasteiger partial charge in [-0.3, -0.25) is 9.78 Å². The van der Waals surface area contributed by atoms with Gasteiger partial charge in [0.25, 0.3) is 0 Å². The molecule has 0 atom stereocenters. The number of nitrogens with one attached hydrogen (secondary N) is 1. The fraction of sp³-hybridized carbons (Fsp3) is 0.214. The Hall–Kier alpha value is -3.79. The number of ether oxygens (including phenoxy) is 1. The first kappa shape index (κ1) is 26.3. The van der Waals surface area contributed by atoms with Crippen LogP contribution in [-0.2, 0) is 21.2 Å². The molecular weight excluding hydrogens is 488 g/mol. The van der Waals surface area contributed by atoms with E-state index in [9.17, 15) is 13.2 Å². The van der Waals surface area contributed by atoms with Crippen molar-refractivity contribution >= 4 is 26.7 Å². The number of fused-ring (bicyclic) bond motifs is 1. The fourth-order valence-corrected chi connectivity index (χ4v) is 5.70. The van der Waals surface area contributed by atoms with Gasteiger partial charge in [-0.1, -0.05) is 60.7 Å². The van der Waals surface area contributed by atoms with Crippen LogP contribution in [0.15, 0.2) is 96.2 Å². The first-order valence-electron chi connectivity index (χ1n) is 12.0. The van der Waals surface area contributed by atoms with E-state index in [0.717, 1.165) is 22.0 Å². The van der Waals surface area contributed by atoms with Gasteiger partial charge >= 0.3 is 0 Å². The number of carbonyl (C=O) groups is 1. The number of hydrogen-bond donors (Lipinski definition) is 2. The Morgan fingerprint density at radius 1 is 0.946 bits per heavy atom. The van der Waals surface area contributed by atoms with Crippen LogP contribution in [0.4, 0.5) is 0 Å². The molecule has 0 saturated heterocycles. The second kappa shape index (κ2) is 12.4. The normalized spacial score (nSPS) is 11.6. The van der Waals surface area contributed by atoms with Crippen molar-refractivity contribution in [3.63, 3.8) is 0 Å². The van der Waals surface area contributed by atoms with Crippen LogP contribution in [-0.4, -0.2) is 56.4 Å². The molecule has 0 aliphatic rings. The first-order valence-corrected chi connectivity index (χ1v) is 13.5. The third kappa shape index (κ3) is 6.91. The minimum atomic E-state index is -3.96. The lowest BCUT2D eigenvalue weighted by Crippen LogP contribution is -2.42. The fourth-order valence-electron chi connectivity index (χ4n) is 4.08. The number of pyridine rings is 1. The summed E-state index contributed by atoms with van der Waals surface area (Å²) in [6.07, 6.45) is 3.92. The lowest BCUT2D eigenvalue weighted by atomic mass is 10.0. The number of aromatic nitrogens is 1. The van der Waals surface area contributed by atoms with Gasteiger partial charge in [-0.25, -0.2) is 8.42 Å². The Morgan fingerprint density at radius 2 is 1.73 bits per heavy atom. The molecule has 4 rings (SSSR count).